The molecule has 2 heteroatoms. The van der Waals surface area contributed by atoms with E-state index in [9.17, 15) is 10.2 Å². The lowest BCUT2D eigenvalue weighted by atomic mass is 10.0. The third-order valence-electron chi connectivity index (χ3n) is 4.77. The summed E-state index contributed by atoms with van der Waals surface area (Å²) in [6.07, 6.45) is 24.9. The van der Waals surface area contributed by atoms with Crippen LogP contribution in [0.15, 0.2) is 42.5 Å². The van der Waals surface area contributed by atoms with Gasteiger partial charge in [-0.25, -0.2) is 0 Å². The molecule has 0 radical (unpaired) electrons. The number of phenolic OH excluding ortho intramolecular Hbond substituents is 2. The Morgan fingerprint density at radius 3 is 1.96 bits per heavy atom. The average molecular weight is 359 g/mol. The van der Waals surface area contributed by atoms with E-state index in [1.165, 1.54) is 76.7 Å². The van der Waals surface area contributed by atoms with E-state index in [1.54, 1.807) is 6.07 Å². The molecule has 26 heavy (non-hydrogen) atoms. The van der Waals surface area contributed by atoms with Crippen molar-refractivity contribution in [3.05, 3.63) is 48.1 Å². The minimum Gasteiger partial charge on any atom is -0.504 e. The van der Waals surface area contributed by atoms with Gasteiger partial charge in [-0.15, -0.1) is 0 Å². The van der Waals surface area contributed by atoms with E-state index in [4.69, 9.17) is 0 Å². The third kappa shape index (κ3) is 11.0. The molecule has 0 amide bonds. The van der Waals surface area contributed by atoms with E-state index in [-0.39, 0.29) is 11.5 Å². The standard InChI is InChI=1S/C24H38O2/c1-2-3-4-5-6-7-8-9-10-11-12-13-14-15-16-17-19-22-20-18-21-23(25)24(22)26/h7-10,18,20-21,25-26H,2-6,11-17,19H2,1H3/b8-7+,10-9+. The van der Waals surface area contributed by atoms with Gasteiger partial charge in [-0.2, -0.15) is 0 Å². The molecular weight excluding hydrogens is 320 g/mol. The van der Waals surface area contributed by atoms with E-state index in [0.29, 0.717) is 0 Å². The minimum absolute atomic E-state index is 0.0121. The molecule has 1 aromatic carbocycles. The number of hydrogen-bond acceptors (Lipinski definition) is 2. The highest BCUT2D eigenvalue weighted by molar-refractivity contribution is 5.44. The van der Waals surface area contributed by atoms with Crippen molar-refractivity contribution in [2.75, 3.05) is 0 Å². The molecule has 1 aromatic rings. The van der Waals surface area contributed by atoms with Crippen molar-refractivity contribution < 1.29 is 10.2 Å². The predicted octanol–water partition coefficient (Wildman–Crippen LogP) is 7.45. The van der Waals surface area contributed by atoms with E-state index in [2.05, 4.69) is 31.2 Å². The van der Waals surface area contributed by atoms with Crippen LogP contribution in [0.1, 0.15) is 89.5 Å². The molecule has 0 heterocycles. The Balaban J connectivity index is 1.91. The highest BCUT2D eigenvalue weighted by atomic mass is 16.3. The van der Waals surface area contributed by atoms with Crippen LogP contribution in [0.3, 0.4) is 0 Å². The maximum absolute atomic E-state index is 9.76. The first kappa shape index (κ1) is 22.3. The van der Waals surface area contributed by atoms with Gasteiger partial charge in [0, 0.05) is 0 Å². The maximum Gasteiger partial charge on any atom is 0.160 e. The summed E-state index contributed by atoms with van der Waals surface area (Å²) in [4.78, 5) is 0. The van der Waals surface area contributed by atoms with Crippen LogP contribution in [0.2, 0.25) is 0 Å². The van der Waals surface area contributed by atoms with Crippen molar-refractivity contribution >= 4 is 0 Å². The molecular formula is C24H38O2. The molecule has 1 rings (SSSR count). The van der Waals surface area contributed by atoms with Crippen LogP contribution in [0.5, 0.6) is 11.5 Å². The second-order valence-electron chi connectivity index (χ2n) is 7.15. The molecule has 0 saturated carbocycles. The molecule has 0 saturated heterocycles. The highest BCUT2D eigenvalue weighted by Crippen LogP contribution is 2.29. The number of aromatic hydroxyl groups is 2. The van der Waals surface area contributed by atoms with Gasteiger partial charge in [0.05, 0.1) is 0 Å². The normalized spacial score (nSPS) is 11.7. The van der Waals surface area contributed by atoms with Crippen LogP contribution in [-0.4, -0.2) is 10.2 Å². The van der Waals surface area contributed by atoms with Gasteiger partial charge in [-0.1, -0.05) is 88.3 Å². The molecule has 2 nitrogen and oxygen atoms in total. The number of unbranched alkanes of at least 4 members (excludes halogenated alkanes) is 10. The molecule has 0 fully saturated rings. The van der Waals surface area contributed by atoms with Crippen LogP contribution in [-0.2, 0) is 6.42 Å². The lowest BCUT2D eigenvalue weighted by Gasteiger charge is -2.06. The number of benzene rings is 1. The van der Waals surface area contributed by atoms with Crippen LogP contribution in [0.25, 0.3) is 0 Å². The lowest BCUT2D eigenvalue weighted by molar-refractivity contribution is 0.398. The Kier molecular flexibility index (Phi) is 13.4. The molecule has 0 atom stereocenters. The monoisotopic (exact) mass is 358 g/mol. The van der Waals surface area contributed by atoms with Gasteiger partial charge in [0.2, 0.25) is 0 Å². The number of aryl methyl sites for hydroxylation is 1. The zero-order valence-electron chi connectivity index (χ0n) is 16.6. The summed E-state index contributed by atoms with van der Waals surface area (Å²) in [5, 5.41) is 19.2. The van der Waals surface area contributed by atoms with Gasteiger partial charge >= 0.3 is 0 Å². The van der Waals surface area contributed by atoms with Gasteiger partial charge in [-0.05, 0) is 50.2 Å². The summed E-state index contributed by atoms with van der Waals surface area (Å²) in [5.74, 6) is 0.0381. The summed E-state index contributed by atoms with van der Waals surface area (Å²) in [7, 11) is 0. The zero-order valence-corrected chi connectivity index (χ0v) is 16.6. The Morgan fingerprint density at radius 2 is 1.31 bits per heavy atom. The number of hydrogen-bond donors (Lipinski definition) is 2. The predicted molar refractivity (Wildman–Crippen MR) is 113 cm³/mol. The summed E-state index contributed by atoms with van der Waals surface area (Å²) in [5.41, 5.74) is 0.855. The summed E-state index contributed by atoms with van der Waals surface area (Å²) in [6.45, 7) is 2.25. The Hall–Kier alpha value is -1.70. The number of para-hydroxylation sites is 1. The quantitative estimate of drug-likeness (QED) is 0.194. The van der Waals surface area contributed by atoms with Crippen molar-refractivity contribution in [3.8, 4) is 11.5 Å². The van der Waals surface area contributed by atoms with Gasteiger partial charge < -0.3 is 10.2 Å². The lowest BCUT2D eigenvalue weighted by Crippen LogP contribution is -1.87. The fourth-order valence-electron chi connectivity index (χ4n) is 3.10. The van der Waals surface area contributed by atoms with E-state index in [1.807, 2.05) is 6.07 Å². The van der Waals surface area contributed by atoms with Gasteiger partial charge in [0.1, 0.15) is 0 Å². The van der Waals surface area contributed by atoms with Crippen LogP contribution in [0, 0.1) is 0 Å². The molecule has 0 aromatic heterocycles. The van der Waals surface area contributed by atoms with Crippen LogP contribution in [0.4, 0.5) is 0 Å². The molecule has 0 aliphatic rings. The largest absolute Gasteiger partial charge is 0.504 e. The van der Waals surface area contributed by atoms with Crippen LogP contribution < -0.4 is 0 Å². The summed E-state index contributed by atoms with van der Waals surface area (Å²) >= 11 is 0. The van der Waals surface area contributed by atoms with E-state index in [0.717, 1.165) is 18.4 Å². The third-order valence-corrected chi connectivity index (χ3v) is 4.77. The van der Waals surface area contributed by atoms with Crippen molar-refractivity contribution in [1.29, 1.82) is 0 Å². The van der Waals surface area contributed by atoms with E-state index < -0.39 is 0 Å². The minimum atomic E-state index is -0.0121. The second kappa shape index (κ2) is 15.5. The number of rotatable bonds is 15. The molecule has 0 aliphatic carbocycles. The van der Waals surface area contributed by atoms with Crippen molar-refractivity contribution in [2.45, 2.75) is 90.4 Å². The number of allylic oxidation sites excluding steroid dienone is 4. The molecule has 0 aliphatic heterocycles. The molecule has 0 bridgehead atoms. The smallest absolute Gasteiger partial charge is 0.160 e. The highest BCUT2D eigenvalue weighted by Gasteiger charge is 2.04. The maximum atomic E-state index is 9.76. The topological polar surface area (TPSA) is 40.5 Å². The van der Waals surface area contributed by atoms with Gasteiger partial charge in [-0.3, -0.25) is 0 Å². The summed E-state index contributed by atoms with van der Waals surface area (Å²) < 4.78 is 0. The zero-order chi connectivity index (χ0) is 18.9. The molecule has 146 valence electrons. The Bertz CT molecular complexity index is 517. The van der Waals surface area contributed by atoms with Crippen LogP contribution >= 0.6 is 0 Å². The SMILES string of the molecule is CCCCCC/C=C/C=C/CCCCCCCCc1cccc(O)c1O. The van der Waals surface area contributed by atoms with Crippen molar-refractivity contribution in [1.82, 2.24) is 0 Å². The van der Waals surface area contributed by atoms with Crippen molar-refractivity contribution in [2.24, 2.45) is 0 Å². The number of phenols is 2. The molecule has 2 N–H and O–H groups in total. The van der Waals surface area contributed by atoms with Crippen molar-refractivity contribution in [3.63, 3.8) is 0 Å². The Labute approximate surface area is 160 Å². The second-order valence-corrected chi connectivity index (χ2v) is 7.15. The fourth-order valence-corrected chi connectivity index (χ4v) is 3.10. The van der Waals surface area contributed by atoms with Gasteiger partial charge in [0.15, 0.2) is 11.5 Å². The molecule has 0 unspecified atom stereocenters. The first-order valence-corrected chi connectivity index (χ1v) is 10.6. The Morgan fingerprint density at radius 1 is 0.731 bits per heavy atom. The van der Waals surface area contributed by atoms with E-state index >= 15 is 0 Å². The first-order chi connectivity index (χ1) is 12.8. The first-order valence-electron chi connectivity index (χ1n) is 10.6. The fraction of sp³-hybridized carbons (Fsp3) is 0.583. The van der Waals surface area contributed by atoms with Gasteiger partial charge in [0.25, 0.3) is 0 Å². The summed E-state index contributed by atoms with van der Waals surface area (Å²) in [6, 6.07) is 5.21. The molecule has 0 spiro atoms. The average Bonchev–Trinajstić information content (AvgIpc) is 2.64.